The third kappa shape index (κ3) is 4.47. The fraction of sp³-hybridized carbons (Fsp3) is 0.643. The molecule has 0 saturated heterocycles. The number of imidazole rings is 1. The zero-order valence-electron chi connectivity index (χ0n) is 12.3. The van der Waals surface area contributed by atoms with Crippen LogP contribution in [0.5, 0.6) is 0 Å². The van der Waals surface area contributed by atoms with Crippen LogP contribution in [0.3, 0.4) is 0 Å². The van der Waals surface area contributed by atoms with Gasteiger partial charge in [0.05, 0.1) is 6.33 Å². The Kier molecular flexibility index (Phi) is 4.82. The van der Waals surface area contributed by atoms with Gasteiger partial charge in [0.2, 0.25) is 0 Å². The lowest BCUT2D eigenvalue weighted by molar-refractivity contribution is 0.0691. The Morgan fingerprint density at radius 2 is 2.10 bits per heavy atom. The van der Waals surface area contributed by atoms with E-state index in [0.29, 0.717) is 19.6 Å². The van der Waals surface area contributed by atoms with Crippen LogP contribution in [0.15, 0.2) is 12.5 Å². The summed E-state index contributed by atoms with van der Waals surface area (Å²) >= 11 is 0. The van der Waals surface area contributed by atoms with E-state index in [1.807, 2.05) is 0 Å². The second-order valence-corrected chi connectivity index (χ2v) is 5.93. The Morgan fingerprint density at radius 3 is 2.71 bits per heavy atom. The first-order chi connectivity index (χ1) is 9.98. The summed E-state index contributed by atoms with van der Waals surface area (Å²) in [6, 6.07) is -0.179. The van der Waals surface area contributed by atoms with Crippen molar-refractivity contribution in [1.82, 2.24) is 20.2 Å². The fourth-order valence-corrected chi connectivity index (χ4v) is 2.65. The molecule has 7 nitrogen and oxygen atoms in total. The van der Waals surface area contributed by atoms with Crippen molar-refractivity contribution in [3.8, 4) is 0 Å². The van der Waals surface area contributed by atoms with Crippen molar-refractivity contribution < 1.29 is 14.7 Å². The van der Waals surface area contributed by atoms with Gasteiger partial charge in [-0.05, 0) is 18.3 Å². The number of nitrogens with zero attached hydrogens (tertiary/aromatic N) is 2. The Labute approximate surface area is 123 Å². The van der Waals surface area contributed by atoms with E-state index in [9.17, 15) is 9.59 Å². The van der Waals surface area contributed by atoms with E-state index in [-0.39, 0.29) is 17.1 Å². The van der Waals surface area contributed by atoms with Gasteiger partial charge in [-0.25, -0.2) is 14.6 Å². The van der Waals surface area contributed by atoms with Gasteiger partial charge in [0.15, 0.2) is 5.69 Å². The normalized spacial score (nSPS) is 16.6. The van der Waals surface area contributed by atoms with Gasteiger partial charge >= 0.3 is 12.0 Å². The van der Waals surface area contributed by atoms with Crippen LogP contribution >= 0.6 is 0 Å². The first kappa shape index (κ1) is 15.3. The molecule has 3 N–H and O–H groups in total. The number of aromatic carboxylic acids is 1. The number of aromatic nitrogens is 2. The molecule has 7 heteroatoms. The molecule has 0 aliphatic heterocycles. The summed E-state index contributed by atoms with van der Waals surface area (Å²) in [5, 5.41) is 14.4. The minimum absolute atomic E-state index is 0.00797. The molecule has 0 radical (unpaired) electrons. The van der Waals surface area contributed by atoms with E-state index < -0.39 is 5.97 Å². The molecule has 21 heavy (non-hydrogen) atoms. The molecule has 0 spiro atoms. The average Bonchev–Trinajstić information content (AvgIpc) is 3.06. The molecule has 1 fully saturated rings. The standard InChI is InChI=1S/C14H22N4O3/c1-14(4-2-3-5-14)9-16-13(21)15-6-7-18-8-11(12(19)20)17-10-18/h8,10H,2-7,9H2,1H3,(H,19,20)(H2,15,16,21). The van der Waals surface area contributed by atoms with E-state index >= 15 is 0 Å². The first-order valence-electron chi connectivity index (χ1n) is 7.25. The number of rotatable bonds is 6. The second-order valence-electron chi connectivity index (χ2n) is 5.93. The molecular weight excluding hydrogens is 272 g/mol. The summed E-state index contributed by atoms with van der Waals surface area (Å²) in [6.45, 7) is 3.83. The topological polar surface area (TPSA) is 96.3 Å². The van der Waals surface area contributed by atoms with Gasteiger partial charge in [-0.3, -0.25) is 0 Å². The highest BCUT2D eigenvalue weighted by Gasteiger charge is 2.28. The molecular formula is C14H22N4O3. The summed E-state index contributed by atoms with van der Waals surface area (Å²) in [5.74, 6) is -1.05. The van der Waals surface area contributed by atoms with Crippen LogP contribution in [0.2, 0.25) is 0 Å². The van der Waals surface area contributed by atoms with Crippen LogP contribution in [-0.2, 0) is 6.54 Å². The quantitative estimate of drug-likeness (QED) is 0.740. The SMILES string of the molecule is CC1(CNC(=O)NCCn2cnc(C(=O)O)c2)CCCC1. The van der Waals surface area contributed by atoms with Gasteiger partial charge < -0.3 is 20.3 Å². The van der Waals surface area contributed by atoms with Crippen LogP contribution in [0, 0.1) is 5.41 Å². The van der Waals surface area contributed by atoms with Gasteiger partial charge in [-0.15, -0.1) is 0 Å². The molecule has 2 rings (SSSR count). The van der Waals surface area contributed by atoms with Crippen molar-refractivity contribution >= 4 is 12.0 Å². The van der Waals surface area contributed by atoms with Gasteiger partial charge in [0, 0.05) is 25.8 Å². The van der Waals surface area contributed by atoms with E-state index in [0.717, 1.165) is 0 Å². The molecule has 0 aromatic carbocycles. The maximum absolute atomic E-state index is 11.7. The van der Waals surface area contributed by atoms with E-state index in [4.69, 9.17) is 5.11 Å². The molecule has 1 heterocycles. The number of carboxylic acids is 1. The summed E-state index contributed by atoms with van der Waals surface area (Å²) in [4.78, 5) is 26.1. The first-order valence-corrected chi connectivity index (χ1v) is 7.25. The number of urea groups is 1. The number of carbonyl (C=O) groups is 2. The van der Waals surface area contributed by atoms with Crippen molar-refractivity contribution in [3.63, 3.8) is 0 Å². The lowest BCUT2D eigenvalue weighted by Crippen LogP contribution is -2.41. The molecule has 0 atom stereocenters. The maximum Gasteiger partial charge on any atom is 0.356 e. The van der Waals surface area contributed by atoms with Gasteiger partial charge in [0.25, 0.3) is 0 Å². The molecule has 1 saturated carbocycles. The van der Waals surface area contributed by atoms with Crippen LogP contribution in [0.4, 0.5) is 4.79 Å². The summed E-state index contributed by atoms with van der Waals surface area (Å²) in [7, 11) is 0. The zero-order valence-corrected chi connectivity index (χ0v) is 12.3. The zero-order chi connectivity index (χ0) is 15.3. The average molecular weight is 294 g/mol. The maximum atomic E-state index is 11.7. The highest BCUT2D eigenvalue weighted by atomic mass is 16.4. The molecule has 1 aliphatic rings. The highest BCUT2D eigenvalue weighted by Crippen LogP contribution is 2.36. The summed E-state index contributed by atoms with van der Waals surface area (Å²) < 4.78 is 1.64. The number of carbonyl (C=O) groups excluding carboxylic acids is 1. The third-order valence-electron chi connectivity index (χ3n) is 3.99. The Balaban J connectivity index is 1.65. The molecule has 1 aromatic rings. The Hall–Kier alpha value is -2.05. The lowest BCUT2D eigenvalue weighted by Gasteiger charge is -2.23. The van der Waals surface area contributed by atoms with Gasteiger partial charge in [0.1, 0.15) is 0 Å². The number of hydrogen-bond acceptors (Lipinski definition) is 3. The number of amides is 2. The number of carboxylic acid groups (broad SMARTS) is 1. The molecule has 116 valence electrons. The summed E-state index contributed by atoms with van der Waals surface area (Å²) in [6.07, 6.45) is 7.71. The van der Waals surface area contributed by atoms with Crippen LogP contribution in [-0.4, -0.2) is 39.7 Å². The lowest BCUT2D eigenvalue weighted by atomic mass is 9.89. The van der Waals surface area contributed by atoms with E-state index in [1.165, 1.54) is 38.2 Å². The van der Waals surface area contributed by atoms with Crippen LogP contribution in [0.25, 0.3) is 0 Å². The van der Waals surface area contributed by atoms with E-state index in [2.05, 4.69) is 22.5 Å². The van der Waals surface area contributed by atoms with Crippen molar-refractivity contribution in [2.45, 2.75) is 39.2 Å². The van der Waals surface area contributed by atoms with Crippen molar-refractivity contribution in [1.29, 1.82) is 0 Å². The van der Waals surface area contributed by atoms with E-state index in [1.54, 1.807) is 4.57 Å². The fourth-order valence-electron chi connectivity index (χ4n) is 2.65. The smallest absolute Gasteiger partial charge is 0.356 e. The van der Waals surface area contributed by atoms with Crippen molar-refractivity contribution in [2.24, 2.45) is 5.41 Å². The number of nitrogens with one attached hydrogen (secondary N) is 2. The Morgan fingerprint density at radius 1 is 1.38 bits per heavy atom. The second kappa shape index (κ2) is 6.60. The largest absolute Gasteiger partial charge is 0.476 e. The van der Waals surface area contributed by atoms with Crippen LogP contribution in [0.1, 0.15) is 43.1 Å². The highest BCUT2D eigenvalue weighted by molar-refractivity contribution is 5.84. The van der Waals surface area contributed by atoms with Gasteiger partial charge in [-0.2, -0.15) is 0 Å². The Bertz CT molecular complexity index is 506. The molecule has 1 aromatic heterocycles. The third-order valence-corrected chi connectivity index (χ3v) is 3.99. The summed E-state index contributed by atoms with van der Waals surface area (Å²) in [5.41, 5.74) is 0.242. The predicted molar refractivity (Wildman–Crippen MR) is 77.2 cm³/mol. The van der Waals surface area contributed by atoms with Gasteiger partial charge in [-0.1, -0.05) is 19.8 Å². The van der Waals surface area contributed by atoms with Crippen molar-refractivity contribution in [2.75, 3.05) is 13.1 Å². The monoisotopic (exact) mass is 294 g/mol. The molecule has 1 aliphatic carbocycles. The number of hydrogen-bond donors (Lipinski definition) is 3. The van der Waals surface area contributed by atoms with Crippen LogP contribution < -0.4 is 10.6 Å². The minimum Gasteiger partial charge on any atom is -0.476 e. The molecule has 0 bridgehead atoms. The molecule has 0 unspecified atom stereocenters. The minimum atomic E-state index is -1.05. The predicted octanol–water partition coefficient (Wildman–Crippen LogP) is 1.46. The van der Waals surface area contributed by atoms with Crippen molar-refractivity contribution in [3.05, 3.63) is 18.2 Å². The molecule has 2 amide bonds.